The number of rotatable bonds is 7. The van der Waals surface area contributed by atoms with Crippen LogP contribution in [-0.2, 0) is 19.9 Å². The molecule has 0 saturated carbocycles. The third-order valence-corrected chi connectivity index (χ3v) is 7.42. The number of nitrogens with zero attached hydrogens (tertiary/aromatic N) is 2. The second-order valence-electron chi connectivity index (χ2n) is 7.63. The zero-order valence-electron chi connectivity index (χ0n) is 18.6. The molecule has 0 spiro atoms. The van der Waals surface area contributed by atoms with Crippen LogP contribution in [0.1, 0.15) is 15.9 Å². The maximum absolute atomic E-state index is 12.7. The second kappa shape index (κ2) is 9.31. The van der Waals surface area contributed by atoms with Crippen LogP contribution >= 0.6 is 0 Å². The van der Waals surface area contributed by atoms with Crippen LogP contribution in [0.2, 0.25) is 0 Å². The lowest BCUT2D eigenvalue weighted by Gasteiger charge is -2.09. The van der Waals surface area contributed by atoms with Crippen LogP contribution in [0.25, 0.3) is 11.5 Å². The van der Waals surface area contributed by atoms with Crippen molar-refractivity contribution in [2.24, 2.45) is 0 Å². The largest absolute Gasteiger partial charge is 0.403 e. The fourth-order valence-electron chi connectivity index (χ4n) is 3.17. The Balaban J connectivity index is 1.52. The number of amides is 1. The molecule has 4 aromatic rings. The van der Waals surface area contributed by atoms with Gasteiger partial charge in [0.15, 0.2) is 9.84 Å². The number of benzene rings is 3. The number of anilines is 2. The molecule has 1 heterocycles. The SMILES string of the molecule is Cc1ccc(S(=O)(=O)Nc2cccc(C(=O)Nc3nnc(-c4ccccc4S(C)(=O)=O)o3)c2)cc1. The van der Waals surface area contributed by atoms with Crippen molar-refractivity contribution in [1.82, 2.24) is 10.2 Å². The van der Waals surface area contributed by atoms with Crippen molar-refractivity contribution in [3.63, 3.8) is 0 Å². The predicted molar refractivity (Wildman–Crippen MR) is 129 cm³/mol. The first-order valence-electron chi connectivity index (χ1n) is 10.2. The van der Waals surface area contributed by atoms with Gasteiger partial charge in [-0.15, -0.1) is 5.10 Å². The molecule has 0 aliphatic heterocycles. The van der Waals surface area contributed by atoms with Crippen LogP contribution in [0.3, 0.4) is 0 Å². The molecule has 0 saturated heterocycles. The lowest BCUT2D eigenvalue weighted by atomic mass is 10.2. The van der Waals surface area contributed by atoms with E-state index in [2.05, 4.69) is 20.2 Å². The van der Waals surface area contributed by atoms with Crippen molar-refractivity contribution in [2.45, 2.75) is 16.7 Å². The highest BCUT2D eigenvalue weighted by Crippen LogP contribution is 2.27. The van der Waals surface area contributed by atoms with E-state index in [1.165, 1.54) is 48.5 Å². The third kappa shape index (κ3) is 5.55. The molecule has 0 fully saturated rings. The first-order chi connectivity index (χ1) is 16.5. The Labute approximate surface area is 202 Å². The maximum atomic E-state index is 12.7. The van der Waals surface area contributed by atoms with Crippen LogP contribution in [0, 0.1) is 6.92 Å². The number of hydrogen-bond donors (Lipinski definition) is 2. The Hall–Kier alpha value is -4.03. The van der Waals surface area contributed by atoms with E-state index in [1.54, 1.807) is 24.3 Å². The molecule has 1 amide bonds. The topological polar surface area (TPSA) is 148 Å². The molecule has 12 heteroatoms. The fourth-order valence-corrected chi connectivity index (χ4v) is 5.10. The van der Waals surface area contributed by atoms with Gasteiger partial charge in [-0.25, -0.2) is 16.8 Å². The molecular weight excluding hydrogens is 492 g/mol. The minimum Gasteiger partial charge on any atom is -0.403 e. The van der Waals surface area contributed by atoms with Crippen molar-refractivity contribution >= 4 is 37.5 Å². The first-order valence-corrected chi connectivity index (χ1v) is 13.5. The van der Waals surface area contributed by atoms with Crippen LogP contribution in [0.4, 0.5) is 11.7 Å². The zero-order valence-corrected chi connectivity index (χ0v) is 20.2. The Bertz CT molecular complexity index is 1610. The van der Waals surface area contributed by atoms with Gasteiger partial charge < -0.3 is 4.42 Å². The average molecular weight is 513 g/mol. The molecule has 0 unspecified atom stereocenters. The molecule has 2 N–H and O–H groups in total. The summed E-state index contributed by atoms with van der Waals surface area (Å²) in [6.07, 6.45) is 1.06. The van der Waals surface area contributed by atoms with Gasteiger partial charge in [-0.05, 0) is 49.4 Å². The highest BCUT2D eigenvalue weighted by Gasteiger charge is 2.20. The van der Waals surface area contributed by atoms with Gasteiger partial charge in [0.2, 0.25) is 0 Å². The summed E-state index contributed by atoms with van der Waals surface area (Å²) >= 11 is 0. The van der Waals surface area contributed by atoms with Crippen molar-refractivity contribution in [3.05, 3.63) is 83.9 Å². The van der Waals surface area contributed by atoms with E-state index < -0.39 is 25.8 Å². The van der Waals surface area contributed by atoms with Crippen molar-refractivity contribution in [1.29, 1.82) is 0 Å². The van der Waals surface area contributed by atoms with Crippen LogP contribution in [0.15, 0.2) is 87.0 Å². The second-order valence-corrected chi connectivity index (χ2v) is 11.3. The van der Waals surface area contributed by atoms with Gasteiger partial charge in [0, 0.05) is 17.5 Å². The van der Waals surface area contributed by atoms with Gasteiger partial charge in [0.25, 0.3) is 21.8 Å². The lowest BCUT2D eigenvalue weighted by Crippen LogP contribution is -2.15. The van der Waals surface area contributed by atoms with Gasteiger partial charge in [0.1, 0.15) is 0 Å². The number of sulfonamides is 1. The minimum atomic E-state index is -3.85. The van der Waals surface area contributed by atoms with E-state index in [0.29, 0.717) is 0 Å². The summed E-state index contributed by atoms with van der Waals surface area (Å²) in [7, 11) is -7.40. The highest BCUT2D eigenvalue weighted by molar-refractivity contribution is 7.92. The summed E-state index contributed by atoms with van der Waals surface area (Å²) in [6, 6.07) is 18.1. The normalized spacial score (nSPS) is 11.7. The van der Waals surface area contributed by atoms with E-state index in [0.717, 1.165) is 11.8 Å². The number of carbonyl (C=O) groups excluding carboxylic acids is 1. The molecule has 1 aromatic heterocycles. The number of aryl methyl sites for hydroxylation is 1. The van der Waals surface area contributed by atoms with Crippen molar-refractivity contribution in [2.75, 3.05) is 16.3 Å². The van der Waals surface area contributed by atoms with E-state index in [9.17, 15) is 21.6 Å². The average Bonchev–Trinajstić information content (AvgIpc) is 3.27. The molecule has 0 aliphatic rings. The van der Waals surface area contributed by atoms with Crippen molar-refractivity contribution < 1.29 is 26.0 Å². The standard InChI is InChI=1S/C23H20N4O6S2/c1-15-10-12-18(13-11-15)35(31,32)27-17-7-5-6-16(14-17)21(28)24-23-26-25-22(33-23)19-8-3-4-9-20(19)34(2,29)30/h3-14,27H,1-2H3,(H,24,26,28). The van der Waals surface area contributed by atoms with E-state index in [4.69, 9.17) is 4.42 Å². The summed E-state index contributed by atoms with van der Waals surface area (Å²) < 4.78 is 57.2. The van der Waals surface area contributed by atoms with E-state index in [1.807, 2.05) is 6.92 Å². The minimum absolute atomic E-state index is 0.00934. The molecule has 0 atom stereocenters. The summed E-state index contributed by atoms with van der Waals surface area (Å²) in [5.74, 6) is -0.714. The number of nitrogens with one attached hydrogen (secondary N) is 2. The zero-order chi connectivity index (χ0) is 25.2. The van der Waals surface area contributed by atoms with Gasteiger partial charge in [-0.3, -0.25) is 14.8 Å². The number of hydrogen-bond acceptors (Lipinski definition) is 8. The molecule has 0 aliphatic carbocycles. The van der Waals surface area contributed by atoms with Gasteiger partial charge in [0.05, 0.1) is 15.4 Å². The molecule has 10 nitrogen and oxygen atoms in total. The fraction of sp³-hybridized carbons (Fsp3) is 0.0870. The maximum Gasteiger partial charge on any atom is 0.322 e. The first kappa shape index (κ1) is 24.1. The smallest absolute Gasteiger partial charge is 0.322 e. The Morgan fingerprint density at radius 3 is 2.31 bits per heavy atom. The number of sulfone groups is 1. The predicted octanol–water partition coefficient (Wildman–Crippen LogP) is 3.50. The lowest BCUT2D eigenvalue weighted by molar-refractivity contribution is 0.102. The number of carbonyl (C=O) groups is 1. The monoisotopic (exact) mass is 512 g/mol. The van der Waals surface area contributed by atoms with Gasteiger partial charge in [-0.1, -0.05) is 41.0 Å². The molecule has 35 heavy (non-hydrogen) atoms. The Morgan fingerprint density at radius 2 is 1.60 bits per heavy atom. The van der Waals surface area contributed by atoms with Gasteiger partial charge in [-0.2, -0.15) is 0 Å². The summed E-state index contributed by atoms with van der Waals surface area (Å²) in [5, 5.41) is 10.0. The summed E-state index contributed by atoms with van der Waals surface area (Å²) in [6.45, 7) is 1.85. The highest BCUT2D eigenvalue weighted by atomic mass is 32.2. The van der Waals surface area contributed by atoms with E-state index in [-0.39, 0.29) is 38.5 Å². The summed E-state index contributed by atoms with van der Waals surface area (Å²) in [4.78, 5) is 12.8. The van der Waals surface area contributed by atoms with Gasteiger partial charge >= 0.3 is 6.01 Å². The molecule has 4 rings (SSSR count). The van der Waals surface area contributed by atoms with Crippen LogP contribution in [-0.4, -0.2) is 39.2 Å². The van der Waals surface area contributed by atoms with Crippen LogP contribution in [0.5, 0.6) is 0 Å². The molecule has 0 radical (unpaired) electrons. The van der Waals surface area contributed by atoms with E-state index >= 15 is 0 Å². The molecule has 3 aromatic carbocycles. The quantitative estimate of drug-likeness (QED) is 0.382. The Kier molecular flexibility index (Phi) is 6.41. The van der Waals surface area contributed by atoms with Crippen LogP contribution < -0.4 is 10.0 Å². The molecular formula is C23H20N4O6S2. The number of aromatic nitrogens is 2. The molecule has 180 valence electrons. The summed E-state index contributed by atoms with van der Waals surface area (Å²) in [5.41, 5.74) is 1.44. The molecule has 0 bridgehead atoms. The van der Waals surface area contributed by atoms with Crippen molar-refractivity contribution in [3.8, 4) is 11.5 Å². The third-order valence-electron chi connectivity index (χ3n) is 4.87. The Morgan fingerprint density at radius 1 is 0.886 bits per heavy atom.